The molecule has 2 aromatic rings. The van der Waals surface area contributed by atoms with E-state index in [-0.39, 0.29) is 22.0 Å². The third-order valence-electron chi connectivity index (χ3n) is 3.21. The third kappa shape index (κ3) is 3.57. The van der Waals surface area contributed by atoms with Gasteiger partial charge in [0.05, 0.1) is 28.3 Å². The fourth-order valence-corrected chi connectivity index (χ4v) is 3.29. The van der Waals surface area contributed by atoms with Crippen LogP contribution in [0.15, 0.2) is 6.20 Å². The van der Waals surface area contributed by atoms with E-state index >= 15 is 0 Å². The molecule has 0 spiro atoms. The quantitative estimate of drug-likeness (QED) is 0.777. The number of thiophene rings is 1. The molecule has 2 amide bonds. The lowest BCUT2D eigenvalue weighted by Crippen LogP contribution is -2.20. The summed E-state index contributed by atoms with van der Waals surface area (Å²) in [5.41, 5.74) is 6.37. The predicted octanol–water partition coefficient (Wildman–Crippen LogP) is 1.74. The Kier molecular flexibility index (Phi) is 5.25. The van der Waals surface area contributed by atoms with Gasteiger partial charge in [-0.2, -0.15) is 5.10 Å². The number of rotatable bonds is 5. The van der Waals surface area contributed by atoms with Crippen LogP contribution in [0.2, 0.25) is 5.02 Å². The van der Waals surface area contributed by atoms with Crippen LogP contribution in [0.4, 0.5) is 5.00 Å². The minimum atomic E-state index is -0.683. The molecular formula is C14H15ClN4O4S. The monoisotopic (exact) mass is 370 g/mol. The van der Waals surface area contributed by atoms with Gasteiger partial charge < -0.3 is 15.8 Å². The zero-order chi connectivity index (χ0) is 18.0. The summed E-state index contributed by atoms with van der Waals surface area (Å²) >= 11 is 6.81. The minimum Gasteiger partial charge on any atom is -0.465 e. The van der Waals surface area contributed by atoms with Crippen LogP contribution in [0.25, 0.3) is 0 Å². The Bertz CT molecular complexity index is 808. The van der Waals surface area contributed by atoms with Crippen LogP contribution in [0.3, 0.4) is 0 Å². The molecule has 0 saturated carbocycles. The van der Waals surface area contributed by atoms with E-state index in [0.717, 1.165) is 11.3 Å². The zero-order valence-electron chi connectivity index (χ0n) is 13.2. The lowest BCUT2D eigenvalue weighted by Gasteiger charge is -2.06. The molecule has 0 fully saturated rings. The summed E-state index contributed by atoms with van der Waals surface area (Å²) < 4.78 is 6.07. The molecule has 0 bridgehead atoms. The molecule has 0 saturated heterocycles. The highest BCUT2D eigenvalue weighted by molar-refractivity contribution is 7.18. The number of halogens is 1. The van der Waals surface area contributed by atoms with E-state index in [2.05, 4.69) is 10.4 Å². The van der Waals surface area contributed by atoms with Crippen molar-refractivity contribution in [2.45, 2.75) is 20.4 Å². The molecule has 128 valence electrons. The fraction of sp³-hybridized carbons (Fsp3) is 0.286. The molecule has 0 unspecified atom stereocenters. The van der Waals surface area contributed by atoms with Gasteiger partial charge in [-0.15, -0.1) is 11.3 Å². The maximum Gasteiger partial charge on any atom is 0.341 e. The van der Waals surface area contributed by atoms with Crippen molar-refractivity contribution < 1.29 is 19.1 Å². The molecule has 24 heavy (non-hydrogen) atoms. The second kappa shape index (κ2) is 7.02. The number of amides is 2. The molecule has 2 rings (SSSR count). The molecule has 0 aliphatic heterocycles. The number of hydrogen-bond acceptors (Lipinski definition) is 6. The summed E-state index contributed by atoms with van der Waals surface area (Å²) in [5, 5.41) is 7.31. The number of nitrogens with two attached hydrogens (primary N) is 1. The minimum absolute atomic E-state index is 0.100. The number of anilines is 1. The number of ether oxygens (including phenoxy) is 1. The summed E-state index contributed by atoms with van der Waals surface area (Å²) in [5.74, 6) is -1.78. The van der Waals surface area contributed by atoms with Crippen LogP contribution in [-0.4, -0.2) is 34.7 Å². The van der Waals surface area contributed by atoms with E-state index in [1.54, 1.807) is 13.8 Å². The highest BCUT2D eigenvalue weighted by atomic mass is 35.5. The van der Waals surface area contributed by atoms with Gasteiger partial charge >= 0.3 is 5.97 Å². The van der Waals surface area contributed by atoms with Gasteiger partial charge in [-0.1, -0.05) is 11.6 Å². The first kappa shape index (κ1) is 18.0. The Morgan fingerprint density at radius 2 is 2.08 bits per heavy atom. The van der Waals surface area contributed by atoms with Gasteiger partial charge in [0.2, 0.25) is 5.91 Å². The first-order valence-electron chi connectivity index (χ1n) is 6.75. The van der Waals surface area contributed by atoms with E-state index in [1.807, 2.05) is 0 Å². The van der Waals surface area contributed by atoms with Crippen molar-refractivity contribution in [3.63, 3.8) is 0 Å². The van der Waals surface area contributed by atoms with Gasteiger partial charge in [-0.25, -0.2) is 4.79 Å². The molecule has 2 heterocycles. The van der Waals surface area contributed by atoms with E-state index in [1.165, 1.54) is 18.0 Å². The average Bonchev–Trinajstić information content (AvgIpc) is 2.98. The number of nitrogens with one attached hydrogen (secondary N) is 1. The number of carbonyl (C=O) groups is 3. The van der Waals surface area contributed by atoms with Gasteiger partial charge in [-0.05, 0) is 19.4 Å². The van der Waals surface area contributed by atoms with E-state index in [9.17, 15) is 14.4 Å². The molecule has 2 aromatic heterocycles. The van der Waals surface area contributed by atoms with Crippen LogP contribution in [0, 0.1) is 13.8 Å². The zero-order valence-corrected chi connectivity index (χ0v) is 14.7. The van der Waals surface area contributed by atoms with Gasteiger partial charge in [0, 0.05) is 6.20 Å². The van der Waals surface area contributed by atoms with Gasteiger partial charge in [0.15, 0.2) is 0 Å². The Labute approximate surface area is 146 Å². The summed E-state index contributed by atoms with van der Waals surface area (Å²) in [6, 6.07) is 0. The Hall–Kier alpha value is -2.39. The Balaban J connectivity index is 2.27. The number of hydrogen-bond donors (Lipinski definition) is 2. The number of esters is 1. The first-order chi connectivity index (χ1) is 11.2. The predicted molar refractivity (Wildman–Crippen MR) is 89.5 cm³/mol. The van der Waals surface area contributed by atoms with Gasteiger partial charge in [-0.3, -0.25) is 14.3 Å². The van der Waals surface area contributed by atoms with Crippen LogP contribution >= 0.6 is 22.9 Å². The van der Waals surface area contributed by atoms with Crippen LogP contribution in [0.5, 0.6) is 0 Å². The molecule has 0 radical (unpaired) electrons. The number of aromatic nitrogens is 2. The van der Waals surface area contributed by atoms with Crippen LogP contribution in [0.1, 0.15) is 31.3 Å². The smallest absolute Gasteiger partial charge is 0.341 e. The number of methoxy groups -OCH3 is 1. The largest absolute Gasteiger partial charge is 0.465 e. The normalized spacial score (nSPS) is 10.5. The number of nitrogens with zero attached hydrogens (tertiary/aromatic N) is 2. The second-order valence-electron chi connectivity index (χ2n) is 4.92. The van der Waals surface area contributed by atoms with Gasteiger partial charge in [0.1, 0.15) is 11.5 Å². The van der Waals surface area contributed by atoms with Crippen molar-refractivity contribution in [3.8, 4) is 0 Å². The summed E-state index contributed by atoms with van der Waals surface area (Å²) in [6.07, 6.45) is 1.52. The van der Waals surface area contributed by atoms with E-state index in [0.29, 0.717) is 16.3 Å². The number of aryl methyl sites for hydroxylation is 1. The molecule has 0 aliphatic carbocycles. The maximum atomic E-state index is 12.2. The van der Waals surface area contributed by atoms with Crippen LogP contribution < -0.4 is 11.1 Å². The first-order valence-corrected chi connectivity index (χ1v) is 7.95. The van der Waals surface area contributed by atoms with E-state index < -0.39 is 17.8 Å². The molecule has 8 nitrogen and oxygen atoms in total. The second-order valence-corrected chi connectivity index (χ2v) is 6.35. The average molecular weight is 371 g/mol. The van der Waals surface area contributed by atoms with E-state index in [4.69, 9.17) is 22.1 Å². The third-order valence-corrected chi connectivity index (χ3v) is 4.80. The highest BCUT2D eigenvalue weighted by Gasteiger charge is 2.25. The van der Waals surface area contributed by atoms with Crippen molar-refractivity contribution in [3.05, 3.63) is 32.9 Å². The summed E-state index contributed by atoms with van der Waals surface area (Å²) in [4.78, 5) is 35.7. The fourth-order valence-electron chi connectivity index (χ4n) is 2.07. The summed E-state index contributed by atoms with van der Waals surface area (Å²) in [6.45, 7) is 3.18. The molecule has 10 heteroatoms. The maximum absolute atomic E-state index is 12.2. The lowest BCUT2D eigenvalue weighted by molar-refractivity contribution is -0.116. The number of primary amides is 1. The highest BCUT2D eigenvalue weighted by Crippen LogP contribution is 2.33. The van der Waals surface area contributed by atoms with Crippen molar-refractivity contribution in [2.75, 3.05) is 12.4 Å². The molecule has 0 aliphatic rings. The topological polar surface area (TPSA) is 116 Å². The summed E-state index contributed by atoms with van der Waals surface area (Å²) in [7, 11) is 1.21. The molecule has 0 atom stereocenters. The van der Waals surface area contributed by atoms with Crippen molar-refractivity contribution >= 4 is 45.7 Å². The van der Waals surface area contributed by atoms with Crippen LogP contribution in [-0.2, 0) is 16.1 Å². The van der Waals surface area contributed by atoms with Crippen molar-refractivity contribution in [1.82, 2.24) is 9.78 Å². The molecular weight excluding hydrogens is 356 g/mol. The lowest BCUT2D eigenvalue weighted by atomic mass is 10.1. The van der Waals surface area contributed by atoms with Gasteiger partial charge in [0.25, 0.3) is 5.91 Å². The standard InChI is InChI=1S/C14H15ClN4O4S/c1-6-10(14(22)23-3)13(24-11(6)12(16)21)17-9(20)5-19-4-8(15)7(2)18-19/h4H,5H2,1-3H3,(H2,16,21)(H,17,20). The Morgan fingerprint density at radius 3 is 2.58 bits per heavy atom. The van der Waals surface area contributed by atoms with Crippen molar-refractivity contribution in [2.24, 2.45) is 5.73 Å². The molecule has 0 aromatic carbocycles. The molecule has 3 N–H and O–H groups in total. The Morgan fingerprint density at radius 1 is 1.42 bits per heavy atom. The SMILES string of the molecule is COC(=O)c1c(NC(=O)Cn2cc(Cl)c(C)n2)sc(C(N)=O)c1C. The number of carbonyl (C=O) groups excluding carboxylic acids is 3. The van der Waals surface area contributed by atoms with Crippen molar-refractivity contribution in [1.29, 1.82) is 0 Å².